The summed E-state index contributed by atoms with van der Waals surface area (Å²) in [7, 11) is 0. The quantitative estimate of drug-likeness (QED) is 0.727. The summed E-state index contributed by atoms with van der Waals surface area (Å²) in [5.41, 5.74) is -0.365. The molecule has 104 valence electrons. The van der Waals surface area contributed by atoms with Gasteiger partial charge in [-0.1, -0.05) is 23.2 Å². The van der Waals surface area contributed by atoms with Crippen molar-refractivity contribution in [3.8, 4) is 0 Å². The molecule has 6 heteroatoms. The molecule has 1 aromatic carbocycles. The van der Waals surface area contributed by atoms with Crippen LogP contribution in [0.1, 0.15) is 12.5 Å². The van der Waals surface area contributed by atoms with Crippen molar-refractivity contribution in [2.45, 2.75) is 12.5 Å². The lowest BCUT2D eigenvalue weighted by molar-refractivity contribution is -0.119. The molecule has 0 saturated carbocycles. The zero-order valence-electron chi connectivity index (χ0n) is 10.4. The van der Waals surface area contributed by atoms with Gasteiger partial charge in [0.2, 0.25) is 5.91 Å². The van der Waals surface area contributed by atoms with Crippen LogP contribution in [0, 0.1) is 0 Å². The number of benzene rings is 1. The van der Waals surface area contributed by atoms with E-state index in [1.54, 1.807) is 24.3 Å². The summed E-state index contributed by atoms with van der Waals surface area (Å²) in [4.78, 5) is 11.6. The van der Waals surface area contributed by atoms with E-state index < -0.39 is 11.4 Å². The third-order valence-corrected chi connectivity index (χ3v) is 2.87. The third kappa shape index (κ3) is 5.20. The van der Waals surface area contributed by atoms with Gasteiger partial charge in [-0.3, -0.25) is 4.79 Å². The van der Waals surface area contributed by atoms with Crippen LogP contribution in [0.4, 0.5) is 0 Å². The summed E-state index contributed by atoms with van der Waals surface area (Å²) in [6.07, 6.45) is 2.83. The Bertz CT molecular complexity index is 465. The first-order valence-electron chi connectivity index (χ1n) is 5.56. The Hall–Kier alpha value is -1.07. The highest BCUT2D eigenvalue weighted by Crippen LogP contribution is 2.19. The van der Waals surface area contributed by atoms with Crippen LogP contribution in [0.25, 0.3) is 6.08 Å². The van der Waals surface area contributed by atoms with E-state index in [2.05, 4.69) is 5.32 Å². The molecule has 0 aliphatic rings. The van der Waals surface area contributed by atoms with Gasteiger partial charge in [0.1, 0.15) is 0 Å². The number of rotatable bonds is 5. The average molecular weight is 304 g/mol. The maximum absolute atomic E-state index is 11.6. The van der Waals surface area contributed by atoms with E-state index in [-0.39, 0.29) is 13.2 Å². The fourth-order valence-corrected chi connectivity index (χ4v) is 1.85. The number of hydrogen-bond donors (Lipinski definition) is 3. The zero-order chi connectivity index (χ0) is 14.5. The van der Waals surface area contributed by atoms with Crippen LogP contribution < -0.4 is 5.32 Å². The topological polar surface area (TPSA) is 69.6 Å². The Morgan fingerprint density at radius 1 is 1.26 bits per heavy atom. The molecule has 1 aromatic rings. The van der Waals surface area contributed by atoms with Gasteiger partial charge in [0.05, 0.1) is 18.8 Å². The summed E-state index contributed by atoms with van der Waals surface area (Å²) < 4.78 is 0. The second-order valence-electron chi connectivity index (χ2n) is 4.40. The van der Waals surface area contributed by atoms with Gasteiger partial charge in [0.25, 0.3) is 0 Å². The Morgan fingerprint density at radius 3 is 2.26 bits per heavy atom. The Balaban J connectivity index is 2.73. The van der Waals surface area contributed by atoms with Crippen molar-refractivity contribution in [3.05, 3.63) is 39.9 Å². The van der Waals surface area contributed by atoms with Crippen LogP contribution in [0.15, 0.2) is 24.3 Å². The molecule has 19 heavy (non-hydrogen) atoms. The van der Waals surface area contributed by atoms with E-state index in [0.29, 0.717) is 15.6 Å². The molecule has 0 fully saturated rings. The van der Waals surface area contributed by atoms with Gasteiger partial charge in [-0.25, -0.2) is 0 Å². The molecule has 0 heterocycles. The van der Waals surface area contributed by atoms with E-state index in [1.165, 1.54) is 13.0 Å². The molecular formula is C13H15Cl2NO3. The molecule has 0 unspecified atom stereocenters. The van der Waals surface area contributed by atoms with E-state index in [0.717, 1.165) is 0 Å². The van der Waals surface area contributed by atoms with Crippen LogP contribution in [0.5, 0.6) is 0 Å². The summed E-state index contributed by atoms with van der Waals surface area (Å²) in [5, 5.41) is 21.6. The van der Waals surface area contributed by atoms with Crippen molar-refractivity contribution in [3.63, 3.8) is 0 Å². The normalized spacial score (nSPS) is 11.8. The first kappa shape index (κ1) is 16.0. The van der Waals surface area contributed by atoms with Gasteiger partial charge in [0.15, 0.2) is 0 Å². The molecule has 0 radical (unpaired) electrons. The van der Waals surface area contributed by atoms with Crippen LogP contribution in [0.2, 0.25) is 10.0 Å². The number of amides is 1. The van der Waals surface area contributed by atoms with Crippen molar-refractivity contribution < 1.29 is 15.0 Å². The minimum absolute atomic E-state index is 0.355. The predicted molar refractivity (Wildman–Crippen MR) is 76.2 cm³/mol. The largest absolute Gasteiger partial charge is 0.394 e. The molecular weight excluding hydrogens is 289 g/mol. The SMILES string of the molecule is CC(CO)(CO)NC(=O)/C=C/c1cc(Cl)cc(Cl)c1. The fraction of sp³-hybridized carbons (Fsp3) is 0.308. The van der Waals surface area contributed by atoms with Gasteiger partial charge in [-0.15, -0.1) is 0 Å². The predicted octanol–water partition coefficient (Wildman–Crippen LogP) is 1.87. The molecule has 0 aliphatic carbocycles. The highest BCUT2D eigenvalue weighted by molar-refractivity contribution is 6.34. The summed E-state index contributed by atoms with van der Waals surface area (Å²) in [6, 6.07) is 4.91. The number of aliphatic hydroxyl groups is 2. The van der Waals surface area contributed by atoms with Crippen LogP contribution in [-0.4, -0.2) is 34.9 Å². The Labute approximate surface area is 121 Å². The smallest absolute Gasteiger partial charge is 0.244 e. The van der Waals surface area contributed by atoms with Crippen molar-refractivity contribution in [1.82, 2.24) is 5.32 Å². The van der Waals surface area contributed by atoms with E-state index in [1.807, 2.05) is 0 Å². The number of carbonyl (C=O) groups excluding carboxylic acids is 1. The first-order chi connectivity index (χ1) is 8.88. The Morgan fingerprint density at radius 2 is 1.79 bits per heavy atom. The van der Waals surface area contributed by atoms with Crippen LogP contribution in [0.3, 0.4) is 0 Å². The molecule has 0 bridgehead atoms. The monoisotopic (exact) mass is 303 g/mol. The molecule has 0 aromatic heterocycles. The lowest BCUT2D eigenvalue weighted by Gasteiger charge is -2.25. The number of hydrogen-bond acceptors (Lipinski definition) is 3. The average Bonchev–Trinajstić information content (AvgIpc) is 2.35. The van der Waals surface area contributed by atoms with Crippen LogP contribution in [-0.2, 0) is 4.79 Å². The molecule has 0 aliphatic heterocycles. The molecule has 1 rings (SSSR count). The molecule has 4 nitrogen and oxygen atoms in total. The summed E-state index contributed by atoms with van der Waals surface area (Å²) >= 11 is 11.7. The van der Waals surface area contributed by atoms with Gasteiger partial charge < -0.3 is 15.5 Å². The molecule has 0 spiro atoms. The second kappa shape index (κ2) is 6.91. The van der Waals surface area contributed by atoms with Crippen molar-refractivity contribution in [2.24, 2.45) is 0 Å². The second-order valence-corrected chi connectivity index (χ2v) is 5.28. The van der Waals surface area contributed by atoms with E-state index >= 15 is 0 Å². The zero-order valence-corrected chi connectivity index (χ0v) is 11.9. The maximum Gasteiger partial charge on any atom is 0.244 e. The third-order valence-electron chi connectivity index (χ3n) is 2.43. The highest BCUT2D eigenvalue weighted by Gasteiger charge is 2.23. The van der Waals surface area contributed by atoms with Crippen molar-refractivity contribution in [2.75, 3.05) is 13.2 Å². The van der Waals surface area contributed by atoms with Crippen molar-refractivity contribution in [1.29, 1.82) is 0 Å². The highest BCUT2D eigenvalue weighted by atomic mass is 35.5. The van der Waals surface area contributed by atoms with E-state index in [4.69, 9.17) is 33.4 Å². The standard InChI is InChI=1S/C13H15Cl2NO3/c1-13(7-17,8-18)16-12(19)3-2-9-4-10(14)6-11(15)5-9/h2-6,17-18H,7-8H2,1H3,(H,16,19)/b3-2+. The van der Waals surface area contributed by atoms with Crippen molar-refractivity contribution >= 4 is 35.2 Å². The minimum Gasteiger partial charge on any atom is -0.394 e. The number of carbonyl (C=O) groups is 1. The molecule has 3 N–H and O–H groups in total. The maximum atomic E-state index is 11.6. The Kier molecular flexibility index (Phi) is 5.82. The van der Waals surface area contributed by atoms with E-state index in [9.17, 15) is 4.79 Å². The number of aliphatic hydroxyl groups excluding tert-OH is 2. The lowest BCUT2D eigenvalue weighted by atomic mass is 10.1. The van der Waals surface area contributed by atoms with Gasteiger partial charge in [-0.05, 0) is 36.8 Å². The lowest BCUT2D eigenvalue weighted by Crippen LogP contribution is -2.51. The molecule has 0 atom stereocenters. The first-order valence-corrected chi connectivity index (χ1v) is 6.32. The summed E-state index contributed by atoms with van der Waals surface area (Å²) in [6.45, 7) is 0.827. The fourth-order valence-electron chi connectivity index (χ4n) is 1.31. The van der Waals surface area contributed by atoms with Gasteiger partial charge in [-0.2, -0.15) is 0 Å². The number of nitrogens with one attached hydrogen (secondary N) is 1. The summed E-state index contributed by atoms with van der Waals surface area (Å²) in [5.74, 6) is -0.429. The van der Waals surface area contributed by atoms with Gasteiger partial charge in [0, 0.05) is 16.1 Å². The number of halogens is 2. The minimum atomic E-state index is -1.05. The molecule has 1 amide bonds. The van der Waals surface area contributed by atoms with Crippen LogP contribution >= 0.6 is 23.2 Å². The molecule has 0 saturated heterocycles. The van der Waals surface area contributed by atoms with Gasteiger partial charge >= 0.3 is 0 Å².